The van der Waals surface area contributed by atoms with E-state index in [1.807, 2.05) is 0 Å². The van der Waals surface area contributed by atoms with Gasteiger partial charge in [0.15, 0.2) is 0 Å². The maximum absolute atomic E-state index is 13.4. The van der Waals surface area contributed by atoms with Crippen molar-refractivity contribution in [2.45, 2.75) is 18.9 Å². The highest BCUT2D eigenvalue weighted by atomic mass is 19.1. The minimum atomic E-state index is -1.21. The average Bonchev–Trinajstić information content (AvgIpc) is 2.56. The Kier molecular flexibility index (Phi) is 2.94. The molecule has 0 amide bonds. The van der Waals surface area contributed by atoms with E-state index in [0.29, 0.717) is 19.0 Å². The van der Waals surface area contributed by atoms with Crippen molar-refractivity contribution in [3.8, 4) is 0 Å². The molecule has 1 N–H and O–H groups in total. The van der Waals surface area contributed by atoms with Crippen LogP contribution in [0.25, 0.3) is 0 Å². The lowest BCUT2D eigenvalue weighted by Gasteiger charge is -2.20. The van der Waals surface area contributed by atoms with Crippen LogP contribution in [-0.2, 0) is 0 Å². The van der Waals surface area contributed by atoms with E-state index in [0.717, 1.165) is 6.07 Å². The molecule has 0 saturated carbocycles. The largest absolute Gasteiger partial charge is 0.388 e. The number of hydrogen-bond acceptors (Lipinski definition) is 4. The van der Waals surface area contributed by atoms with E-state index in [-0.39, 0.29) is 12.2 Å². The predicted octanol–water partition coefficient (Wildman–Crippen LogP) is 1.83. The summed E-state index contributed by atoms with van der Waals surface area (Å²) in [6.45, 7) is 2.00. The molecule has 5 nitrogen and oxygen atoms in total. The minimum absolute atomic E-state index is 0.108. The highest BCUT2D eigenvalue weighted by molar-refractivity contribution is 5.64. The fourth-order valence-corrected chi connectivity index (χ4v) is 2.12. The molecule has 1 heterocycles. The molecule has 1 atom stereocenters. The van der Waals surface area contributed by atoms with Gasteiger partial charge in [-0.3, -0.25) is 10.1 Å². The van der Waals surface area contributed by atoms with Crippen molar-refractivity contribution in [1.82, 2.24) is 0 Å². The lowest BCUT2D eigenvalue weighted by Crippen LogP contribution is -2.30. The molecule has 18 heavy (non-hydrogen) atoms. The third-order valence-corrected chi connectivity index (χ3v) is 2.98. The molecule has 0 aliphatic carbocycles. The van der Waals surface area contributed by atoms with Crippen LogP contribution in [0.5, 0.6) is 0 Å². The summed E-state index contributed by atoms with van der Waals surface area (Å²) in [7, 11) is 0. The molecule has 1 aliphatic heterocycles. The number of benzene rings is 1. The van der Waals surface area contributed by atoms with Crippen LogP contribution in [0, 0.1) is 21.7 Å². The average molecular weight is 258 g/mol. The molecule has 0 bridgehead atoms. The Morgan fingerprint density at radius 3 is 2.67 bits per heavy atom. The highest BCUT2D eigenvalue weighted by Gasteiger charge is 2.35. The van der Waals surface area contributed by atoms with Crippen molar-refractivity contribution in [2.75, 3.05) is 18.0 Å². The zero-order valence-corrected chi connectivity index (χ0v) is 9.69. The van der Waals surface area contributed by atoms with Gasteiger partial charge in [0, 0.05) is 25.2 Å². The molecule has 1 saturated heterocycles. The third-order valence-electron chi connectivity index (χ3n) is 2.98. The van der Waals surface area contributed by atoms with Crippen LogP contribution in [0.4, 0.5) is 20.2 Å². The molecule has 1 unspecified atom stereocenters. The van der Waals surface area contributed by atoms with Crippen molar-refractivity contribution in [3.63, 3.8) is 0 Å². The molecule has 0 aromatic heterocycles. The van der Waals surface area contributed by atoms with E-state index in [1.165, 1.54) is 4.90 Å². The van der Waals surface area contributed by atoms with Gasteiger partial charge in [-0.05, 0) is 13.3 Å². The van der Waals surface area contributed by atoms with Crippen LogP contribution >= 0.6 is 0 Å². The van der Waals surface area contributed by atoms with Crippen LogP contribution in [0.2, 0.25) is 0 Å². The number of aliphatic hydroxyl groups is 1. The Morgan fingerprint density at radius 1 is 1.50 bits per heavy atom. The Labute approximate surface area is 102 Å². The molecule has 1 aromatic carbocycles. The van der Waals surface area contributed by atoms with E-state index in [9.17, 15) is 24.0 Å². The quantitative estimate of drug-likeness (QED) is 0.649. The molecule has 1 aromatic rings. The molecule has 1 aliphatic rings. The first-order chi connectivity index (χ1) is 8.30. The number of hydrogen-bond donors (Lipinski definition) is 1. The summed E-state index contributed by atoms with van der Waals surface area (Å²) in [5, 5.41) is 20.6. The zero-order chi connectivity index (χ0) is 13.5. The van der Waals surface area contributed by atoms with E-state index in [4.69, 9.17) is 0 Å². The second kappa shape index (κ2) is 4.16. The van der Waals surface area contributed by atoms with Gasteiger partial charge in [0.25, 0.3) is 0 Å². The first-order valence-corrected chi connectivity index (χ1v) is 5.41. The van der Waals surface area contributed by atoms with Crippen LogP contribution in [0.3, 0.4) is 0 Å². The van der Waals surface area contributed by atoms with Crippen molar-refractivity contribution in [2.24, 2.45) is 0 Å². The van der Waals surface area contributed by atoms with Crippen molar-refractivity contribution < 1.29 is 18.8 Å². The number of β-amino-alcohol motifs (C(OH)–C–C–N with tert-alkyl or cyclic N) is 1. The fraction of sp³-hybridized carbons (Fsp3) is 0.455. The van der Waals surface area contributed by atoms with Crippen molar-refractivity contribution in [1.29, 1.82) is 0 Å². The van der Waals surface area contributed by atoms with Crippen LogP contribution < -0.4 is 4.90 Å². The topological polar surface area (TPSA) is 66.6 Å². The Morgan fingerprint density at radius 2 is 2.17 bits per heavy atom. The number of nitro groups is 1. The number of nitro benzene ring substituents is 1. The smallest absolute Gasteiger partial charge is 0.328 e. The summed E-state index contributed by atoms with van der Waals surface area (Å²) in [5.74, 6) is -2.08. The van der Waals surface area contributed by atoms with Gasteiger partial charge in [0.2, 0.25) is 5.82 Å². The van der Waals surface area contributed by atoms with Crippen molar-refractivity contribution in [3.05, 3.63) is 33.9 Å². The lowest BCUT2D eigenvalue weighted by atomic mass is 10.1. The number of rotatable bonds is 2. The van der Waals surface area contributed by atoms with Gasteiger partial charge < -0.3 is 10.0 Å². The summed E-state index contributed by atoms with van der Waals surface area (Å²) in [6.07, 6.45) is 0.391. The molecule has 1 fully saturated rings. The third kappa shape index (κ3) is 2.26. The van der Waals surface area contributed by atoms with Crippen LogP contribution in [0.1, 0.15) is 13.3 Å². The number of nitrogens with zero attached hydrogens (tertiary/aromatic N) is 2. The summed E-state index contributed by atoms with van der Waals surface area (Å²) in [5.41, 5.74) is -1.89. The minimum Gasteiger partial charge on any atom is -0.388 e. The second-order valence-corrected chi connectivity index (χ2v) is 4.68. The van der Waals surface area contributed by atoms with Gasteiger partial charge in [-0.2, -0.15) is 4.39 Å². The molecule has 2 rings (SSSR count). The maximum atomic E-state index is 13.4. The first kappa shape index (κ1) is 12.7. The van der Waals surface area contributed by atoms with Gasteiger partial charge in [-0.1, -0.05) is 0 Å². The Bertz CT molecular complexity index is 505. The number of anilines is 1. The van der Waals surface area contributed by atoms with Gasteiger partial charge in [-0.15, -0.1) is 0 Å². The second-order valence-electron chi connectivity index (χ2n) is 4.68. The monoisotopic (exact) mass is 258 g/mol. The van der Waals surface area contributed by atoms with Gasteiger partial charge in [-0.25, -0.2) is 4.39 Å². The molecule has 0 radical (unpaired) electrons. The Balaban J connectivity index is 2.47. The highest BCUT2D eigenvalue weighted by Crippen LogP contribution is 2.35. The SMILES string of the molecule is CC1(O)CCN(c2cc(F)cc(F)c2[N+](=O)[O-])C1. The molecular weight excluding hydrogens is 246 g/mol. The predicted molar refractivity (Wildman–Crippen MR) is 60.5 cm³/mol. The Hall–Kier alpha value is -1.76. The lowest BCUT2D eigenvalue weighted by molar-refractivity contribution is -0.386. The van der Waals surface area contributed by atoms with Crippen molar-refractivity contribution >= 4 is 11.4 Å². The molecule has 98 valence electrons. The van der Waals surface area contributed by atoms with E-state index in [2.05, 4.69) is 0 Å². The van der Waals surface area contributed by atoms with Crippen LogP contribution in [0.15, 0.2) is 12.1 Å². The summed E-state index contributed by atoms with van der Waals surface area (Å²) >= 11 is 0. The van der Waals surface area contributed by atoms with Crippen LogP contribution in [-0.4, -0.2) is 28.7 Å². The van der Waals surface area contributed by atoms with Gasteiger partial charge in [0.05, 0.1) is 10.5 Å². The first-order valence-electron chi connectivity index (χ1n) is 5.41. The summed E-state index contributed by atoms with van der Waals surface area (Å²) < 4.78 is 26.6. The summed E-state index contributed by atoms with van der Waals surface area (Å²) in [4.78, 5) is 11.4. The zero-order valence-electron chi connectivity index (χ0n) is 9.69. The van der Waals surface area contributed by atoms with E-state index < -0.39 is 27.8 Å². The number of halogens is 2. The normalized spacial score (nSPS) is 23.4. The van der Waals surface area contributed by atoms with Gasteiger partial charge >= 0.3 is 5.69 Å². The fourth-order valence-electron chi connectivity index (χ4n) is 2.12. The van der Waals surface area contributed by atoms with E-state index >= 15 is 0 Å². The molecular formula is C11H12F2N2O3. The summed E-state index contributed by atoms with van der Waals surface area (Å²) in [6, 6.07) is 1.40. The molecule has 0 spiro atoms. The molecule has 7 heteroatoms. The standard InChI is InChI=1S/C11H12F2N2O3/c1-11(16)2-3-14(6-11)9-5-7(12)4-8(13)10(9)15(17)18/h4-5,16H,2-3,6H2,1H3. The van der Waals surface area contributed by atoms with Gasteiger partial charge in [0.1, 0.15) is 11.5 Å². The van der Waals surface area contributed by atoms with E-state index in [1.54, 1.807) is 6.92 Å². The maximum Gasteiger partial charge on any atom is 0.328 e.